The molecule has 4 nitrogen and oxygen atoms in total. The highest BCUT2D eigenvalue weighted by molar-refractivity contribution is 8.00. The van der Waals surface area contributed by atoms with E-state index in [0.29, 0.717) is 0 Å². The van der Waals surface area contributed by atoms with Gasteiger partial charge in [-0.2, -0.15) is 0 Å². The first-order chi connectivity index (χ1) is 13.0. The number of carbonyl (C=O) groups is 1. The molecule has 1 N–H and O–H groups in total. The van der Waals surface area contributed by atoms with Gasteiger partial charge in [0.05, 0.1) is 10.8 Å². The van der Waals surface area contributed by atoms with Gasteiger partial charge in [0, 0.05) is 11.4 Å². The lowest BCUT2D eigenvalue weighted by atomic mass is 10.1. The topological polar surface area (TPSA) is 54.9 Å². The molecule has 3 rings (SSSR count). The molecule has 0 aliphatic carbocycles. The zero-order valence-corrected chi connectivity index (χ0v) is 16.8. The van der Waals surface area contributed by atoms with Crippen molar-refractivity contribution in [3.05, 3.63) is 66.0 Å². The third-order valence-electron chi connectivity index (χ3n) is 4.44. The van der Waals surface area contributed by atoms with Crippen molar-refractivity contribution in [2.24, 2.45) is 0 Å². The molecular formula is C22H25N3OS. The Kier molecular flexibility index (Phi) is 6.45. The third-order valence-corrected chi connectivity index (χ3v) is 5.54. The molecular weight excluding hydrogens is 354 g/mol. The van der Waals surface area contributed by atoms with Gasteiger partial charge in [0.15, 0.2) is 0 Å². The second kappa shape index (κ2) is 9.00. The third kappa shape index (κ3) is 5.30. The van der Waals surface area contributed by atoms with Gasteiger partial charge in [-0.05, 0) is 45.2 Å². The molecule has 2 aromatic carbocycles. The van der Waals surface area contributed by atoms with Gasteiger partial charge in [-0.1, -0.05) is 60.3 Å². The highest BCUT2D eigenvalue weighted by Crippen LogP contribution is 2.28. The van der Waals surface area contributed by atoms with Gasteiger partial charge < -0.3 is 5.32 Å². The van der Waals surface area contributed by atoms with E-state index in [1.165, 1.54) is 17.3 Å². The summed E-state index contributed by atoms with van der Waals surface area (Å²) in [5.74, 6) is 0.765. The zero-order valence-electron chi connectivity index (χ0n) is 16.0. The predicted molar refractivity (Wildman–Crippen MR) is 112 cm³/mol. The van der Waals surface area contributed by atoms with E-state index in [9.17, 15) is 4.79 Å². The maximum absolute atomic E-state index is 12.6. The van der Waals surface area contributed by atoms with Crippen molar-refractivity contribution in [1.82, 2.24) is 15.3 Å². The molecule has 1 heterocycles. The molecule has 0 saturated heterocycles. The number of carbonyl (C=O) groups excluding carboxylic acids is 1. The van der Waals surface area contributed by atoms with Gasteiger partial charge in [-0.15, -0.1) is 0 Å². The highest BCUT2D eigenvalue weighted by atomic mass is 32.2. The number of hydrogen-bond acceptors (Lipinski definition) is 4. The molecule has 1 amide bonds. The minimum atomic E-state index is -0.220. The molecule has 0 saturated carbocycles. The minimum Gasteiger partial charge on any atom is -0.353 e. The average Bonchev–Trinajstić information content (AvgIpc) is 2.67. The van der Waals surface area contributed by atoms with Gasteiger partial charge in [-0.3, -0.25) is 4.79 Å². The summed E-state index contributed by atoms with van der Waals surface area (Å²) in [6, 6.07) is 18.4. The fourth-order valence-electron chi connectivity index (χ4n) is 2.93. The van der Waals surface area contributed by atoms with E-state index >= 15 is 0 Å². The summed E-state index contributed by atoms with van der Waals surface area (Å²) >= 11 is 1.49. The van der Waals surface area contributed by atoms with Crippen LogP contribution in [0.3, 0.4) is 0 Å². The number of amides is 1. The van der Waals surface area contributed by atoms with Gasteiger partial charge in [-0.25, -0.2) is 9.97 Å². The summed E-state index contributed by atoms with van der Waals surface area (Å²) in [4.78, 5) is 21.6. The van der Waals surface area contributed by atoms with Crippen molar-refractivity contribution in [2.45, 2.75) is 49.9 Å². The minimum absolute atomic E-state index is 0.0425. The fourth-order valence-corrected chi connectivity index (χ4v) is 3.92. The monoisotopic (exact) mass is 379 g/mol. The van der Waals surface area contributed by atoms with Crippen molar-refractivity contribution in [3.8, 4) is 0 Å². The Labute approximate surface area is 164 Å². The van der Waals surface area contributed by atoms with Gasteiger partial charge in [0.25, 0.3) is 0 Å². The normalized spacial score (nSPS) is 13.3. The van der Waals surface area contributed by atoms with Crippen LogP contribution in [0, 0.1) is 6.92 Å². The molecule has 5 heteroatoms. The van der Waals surface area contributed by atoms with E-state index in [1.807, 2.05) is 56.3 Å². The Morgan fingerprint density at radius 3 is 2.52 bits per heavy atom. The van der Waals surface area contributed by atoms with E-state index < -0.39 is 0 Å². The molecule has 27 heavy (non-hydrogen) atoms. The van der Waals surface area contributed by atoms with Gasteiger partial charge in [0.2, 0.25) is 5.91 Å². The second-order valence-electron chi connectivity index (χ2n) is 6.79. The molecule has 0 aliphatic rings. The molecule has 1 aromatic heterocycles. The predicted octanol–water partition coefficient (Wildman–Crippen LogP) is 4.56. The maximum atomic E-state index is 12.6. The van der Waals surface area contributed by atoms with Crippen molar-refractivity contribution in [2.75, 3.05) is 0 Å². The summed E-state index contributed by atoms with van der Waals surface area (Å²) in [5.41, 5.74) is 2.21. The first-order valence-electron chi connectivity index (χ1n) is 9.27. The molecule has 2 atom stereocenters. The number of nitrogens with zero attached hydrogens (tertiary/aromatic N) is 2. The van der Waals surface area contributed by atoms with Crippen molar-refractivity contribution >= 4 is 28.6 Å². The maximum Gasteiger partial charge on any atom is 0.233 e. The van der Waals surface area contributed by atoms with Crippen LogP contribution in [0.4, 0.5) is 0 Å². The Morgan fingerprint density at radius 1 is 1.04 bits per heavy atom. The number of rotatable bonds is 7. The Bertz CT molecular complexity index is 914. The average molecular weight is 380 g/mol. The van der Waals surface area contributed by atoms with Crippen LogP contribution in [0.2, 0.25) is 0 Å². The second-order valence-corrected chi connectivity index (χ2v) is 8.12. The molecule has 0 bridgehead atoms. The van der Waals surface area contributed by atoms with Crippen LogP contribution < -0.4 is 5.32 Å². The smallest absolute Gasteiger partial charge is 0.233 e. The van der Waals surface area contributed by atoms with Crippen LogP contribution in [-0.2, 0) is 11.2 Å². The van der Waals surface area contributed by atoms with Crippen molar-refractivity contribution in [3.63, 3.8) is 0 Å². The standard InChI is InChI=1S/C22H25N3OS/c1-15(13-14-18-9-5-4-6-10-18)23-21(26)16(2)27-22-19-11-7-8-12-20(19)24-17(3)25-22/h4-12,15-16H,13-14H2,1-3H3,(H,23,26)/t15-,16-/m1/s1. The lowest BCUT2D eigenvalue weighted by molar-refractivity contribution is -0.120. The van der Waals surface area contributed by atoms with Crippen LogP contribution >= 0.6 is 11.8 Å². The molecule has 140 valence electrons. The van der Waals surface area contributed by atoms with E-state index in [4.69, 9.17) is 0 Å². The number of aryl methyl sites for hydroxylation is 2. The van der Waals surface area contributed by atoms with E-state index in [1.54, 1.807) is 0 Å². The van der Waals surface area contributed by atoms with Crippen LogP contribution in [0.15, 0.2) is 59.6 Å². The molecule has 0 fully saturated rings. The van der Waals surface area contributed by atoms with Crippen molar-refractivity contribution in [1.29, 1.82) is 0 Å². The summed E-state index contributed by atoms with van der Waals surface area (Å²) in [6.07, 6.45) is 1.88. The van der Waals surface area contributed by atoms with E-state index in [0.717, 1.165) is 34.6 Å². The Hall–Kier alpha value is -2.40. The number of thioether (sulfide) groups is 1. The summed E-state index contributed by atoms with van der Waals surface area (Å²) in [7, 11) is 0. The van der Waals surface area contributed by atoms with Crippen LogP contribution in [0.1, 0.15) is 31.7 Å². The zero-order chi connectivity index (χ0) is 19.2. The number of aromatic nitrogens is 2. The first-order valence-corrected chi connectivity index (χ1v) is 10.1. The summed E-state index contributed by atoms with van der Waals surface area (Å²) < 4.78 is 0. The largest absolute Gasteiger partial charge is 0.353 e. The Balaban J connectivity index is 1.59. The lowest BCUT2D eigenvalue weighted by Crippen LogP contribution is -2.37. The molecule has 0 aliphatic heterocycles. The Morgan fingerprint density at radius 2 is 1.74 bits per heavy atom. The van der Waals surface area contributed by atoms with Gasteiger partial charge >= 0.3 is 0 Å². The summed E-state index contributed by atoms with van der Waals surface area (Å²) in [6.45, 7) is 5.87. The number of nitrogens with one attached hydrogen (secondary N) is 1. The van der Waals surface area contributed by atoms with E-state index in [-0.39, 0.29) is 17.2 Å². The van der Waals surface area contributed by atoms with Crippen LogP contribution in [0.5, 0.6) is 0 Å². The lowest BCUT2D eigenvalue weighted by Gasteiger charge is -2.18. The van der Waals surface area contributed by atoms with Gasteiger partial charge in [0.1, 0.15) is 10.9 Å². The molecule has 0 radical (unpaired) electrons. The SMILES string of the molecule is Cc1nc(S[C@H](C)C(=O)N[C@H](C)CCc2ccccc2)c2ccccc2n1. The number of hydrogen-bond donors (Lipinski definition) is 1. The van der Waals surface area contributed by atoms with Crippen LogP contribution in [0.25, 0.3) is 10.9 Å². The van der Waals surface area contributed by atoms with E-state index in [2.05, 4.69) is 34.3 Å². The molecule has 0 unspecified atom stereocenters. The number of fused-ring (bicyclic) bond motifs is 1. The number of benzene rings is 2. The van der Waals surface area contributed by atoms with Crippen molar-refractivity contribution < 1.29 is 4.79 Å². The van der Waals surface area contributed by atoms with Crippen LogP contribution in [-0.4, -0.2) is 27.2 Å². The highest BCUT2D eigenvalue weighted by Gasteiger charge is 2.19. The fraction of sp³-hybridized carbons (Fsp3) is 0.318. The quantitative estimate of drug-likeness (QED) is 0.483. The molecule has 0 spiro atoms. The summed E-state index contributed by atoms with van der Waals surface area (Å²) in [5, 5.41) is 4.76. The number of para-hydroxylation sites is 1. The first kappa shape index (κ1) is 19.4. The molecule has 3 aromatic rings.